The molecule has 0 saturated heterocycles. The van der Waals surface area contributed by atoms with Crippen LogP contribution < -0.4 is 5.11 Å². The highest BCUT2D eigenvalue weighted by Crippen LogP contribution is 2.17. The van der Waals surface area contributed by atoms with Crippen LogP contribution >= 0.6 is 0 Å². The number of carboxylic acid groups (broad SMARTS) is 1. The van der Waals surface area contributed by atoms with Gasteiger partial charge in [-0.2, -0.15) is 0 Å². The van der Waals surface area contributed by atoms with Crippen molar-refractivity contribution in [2.45, 2.75) is 13.8 Å². The van der Waals surface area contributed by atoms with Gasteiger partial charge < -0.3 is 19.6 Å². The van der Waals surface area contributed by atoms with E-state index < -0.39 is 11.9 Å². The van der Waals surface area contributed by atoms with Gasteiger partial charge in [-0.3, -0.25) is 0 Å². The summed E-state index contributed by atoms with van der Waals surface area (Å²) in [7, 11) is 1.24. The molecule has 0 saturated carbocycles. The second kappa shape index (κ2) is 3.53. The summed E-state index contributed by atoms with van der Waals surface area (Å²) >= 11 is 0. The fourth-order valence-corrected chi connectivity index (χ4v) is 1.36. The highest BCUT2D eigenvalue weighted by Gasteiger charge is 2.18. The number of carbonyl (C=O) groups is 2. The summed E-state index contributed by atoms with van der Waals surface area (Å²) in [5, 5.41) is 10.6. The van der Waals surface area contributed by atoms with Crippen LogP contribution in [-0.4, -0.2) is 24.0 Å². The molecule has 0 radical (unpaired) electrons. The third-order valence-corrected chi connectivity index (χ3v) is 2.03. The van der Waals surface area contributed by atoms with E-state index in [2.05, 4.69) is 9.72 Å². The molecule has 0 spiro atoms. The van der Waals surface area contributed by atoms with Crippen LogP contribution in [0.3, 0.4) is 0 Å². The number of hydrogen-bond acceptors (Lipinski definition) is 4. The summed E-state index contributed by atoms with van der Waals surface area (Å²) in [6, 6.07) is 0. The van der Waals surface area contributed by atoms with Crippen molar-refractivity contribution in [1.29, 1.82) is 0 Å². The number of aromatic amines is 1. The topological polar surface area (TPSA) is 82.2 Å². The third-order valence-electron chi connectivity index (χ3n) is 2.03. The average molecular weight is 196 g/mol. The summed E-state index contributed by atoms with van der Waals surface area (Å²) in [4.78, 5) is 24.4. The zero-order chi connectivity index (χ0) is 10.9. The lowest BCUT2D eigenvalue weighted by Gasteiger charge is -2.01. The van der Waals surface area contributed by atoms with Crippen LogP contribution in [0.25, 0.3) is 0 Å². The van der Waals surface area contributed by atoms with E-state index in [9.17, 15) is 14.7 Å². The Bertz CT molecular complexity index is 392. The van der Waals surface area contributed by atoms with Gasteiger partial charge in [-0.15, -0.1) is 0 Å². The number of aromatic carboxylic acids is 1. The molecule has 0 amide bonds. The van der Waals surface area contributed by atoms with Crippen LogP contribution in [-0.2, 0) is 4.74 Å². The van der Waals surface area contributed by atoms with Crippen molar-refractivity contribution < 1.29 is 19.4 Å². The van der Waals surface area contributed by atoms with Gasteiger partial charge in [0, 0.05) is 5.69 Å². The second-order valence-corrected chi connectivity index (χ2v) is 2.90. The van der Waals surface area contributed by atoms with Crippen molar-refractivity contribution in [3.05, 3.63) is 22.5 Å². The molecule has 1 aromatic heterocycles. The Labute approximate surface area is 80.7 Å². The van der Waals surface area contributed by atoms with E-state index in [1.807, 2.05) is 0 Å². The zero-order valence-electron chi connectivity index (χ0n) is 8.13. The molecule has 1 N–H and O–H groups in total. The molecule has 0 aliphatic rings. The fraction of sp³-hybridized carbons (Fsp3) is 0.333. The molecule has 1 rings (SSSR count). The Hall–Kier alpha value is -1.78. The minimum atomic E-state index is -1.33. The van der Waals surface area contributed by atoms with E-state index in [0.717, 1.165) is 0 Å². The lowest BCUT2D eigenvalue weighted by Crippen LogP contribution is -2.23. The van der Waals surface area contributed by atoms with Crippen LogP contribution in [0.5, 0.6) is 0 Å². The second-order valence-electron chi connectivity index (χ2n) is 2.90. The number of nitrogens with one attached hydrogen (secondary N) is 1. The molecule has 5 nitrogen and oxygen atoms in total. The highest BCUT2D eigenvalue weighted by atomic mass is 16.5. The first-order chi connectivity index (χ1) is 6.49. The van der Waals surface area contributed by atoms with Gasteiger partial charge in [0.05, 0.1) is 24.3 Å². The van der Waals surface area contributed by atoms with Gasteiger partial charge in [0.1, 0.15) is 0 Å². The van der Waals surface area contributed by atoms with Crippen LogP contribution in [0.2, 0.25) is 0 Å². The molecule has 0 unspecified atom stereocenters. The lowest BCUT2D eigenvalue weighted by molar-refractivity contribution is -0.255. The van der Waals surface area contributed by atoms with E-state index in [1.54, 1.807) is 6.92 Å². The summed E-state index contributed by atoms with van der Waals surface area (Å²) in [5.74, 6) is -1.88. The van der Waals surface area contributed by atoms with Gasteiger partial charge in [0.25, 0.3) is 0 Å². The van der Waals surface area contributed by atoms with Gasteiger partial charge in [-0.25, -0.2) is 4.79 Å². The van der Waals surface area contributed by atoms with E-state index in [4.69, 9.17) is 0 Å². The lowest BCUT2D eigenvalue weighted by atomic mass is 10.1. The number of methoxy groups -OCH3 is 1. The highest BCUT2D eigenvalue weighted by molar-refractivity contribution is 5.97. The van der Waals surface area contributed by atoms with Gasteiger partial charge in [0.2, 0.25) is 0 Å². The Morgan fingerprint density at radius 2 is 1.93 bits per heavy atom. The van der Waals surface area contributed by atoms with Crippen LogP contribution in [0.4, 0.5) is 0 Å². The van der Waals surface area contributed by atoms with Crippen LogP contribution in [0.1, 0.15) is 32.1 Å². The van der Waals surface area contributed by atoms with E-state index in [1.165, 1.54) is 14.0 Å². The van der Waals surface area contributed by atoms with Crippen molar-refractivity contribution in [2.75, 3.05) is 7.11 Å². The van der Waals surface area contributed by atoms with Crippen LogP contribution in [0, 0.1) is 13.8 Å². The number of esters is 1. The normalized spacial score (nSPS) is 9.93. The van der Waals surface area contributed by atoms with Crippen molar-refractivity contribution in [1.82, 2.24) is 4.98 Å². The van der Waals surface area contributed by atoms with Gasteiger partial charge in [-0.1, -0.05) is 0 Å². The number of aromatic nitrogens is 1. The predicted molar refractivity (Wildman–Crippen MR) is 45.9 cm³/mol. The number of rotatable bonds is 2. The predicted octanol–water partition coefficient (Wildman–Crippen LogP) is -0.218. The zero-order valence-corrected chi connectivity index (χ0v) is 8.13. The van der Waals surface area contributed by atoms with Gasteiger partial charge in [-0.05, 0) is 19.4 Å². The maximum atomic E-state index is 11.2. The van der Waals surface area contributed by atoms with E-state index >= 15 is 0 Å². The Balaban J connectivity index is 3.31. The first-order valence-electron chi connectivity index (χ1n) is 3.97. The fourth-order valence-electron chi connectivity index (χ4n) is 1.36. The number of hydrogen-bond donors (Lipinski definition) is 1. The SMILES string of the molecule is COC(=O)c1c(C)[nH]c(C(=O)[O-])c1C. The smallest absolute Gasteiger partial charge is 0.339 e. The molecule has 76 valence electrons. The quantitative estimate of drug-likeness (QED) is 0.663. The number of aryl methyl sites for hydroxylation is 1. The number of carbonyl (C=O) groups excluding carboxylic acids is 2. The molecular formula is C9H10NO4-. The Kier molecular flexibility index (Phi) is 2.60. The first-order valence-corrected chi connectivity index (χ1v) is 3.97. The molecule has 5 heteroatoms. The Morgan fingerprint density at radius 1 is 1.36 bits per heavy atom. The van der Waals surface area contributed by atoms with E-state index in [-0.39, 0.29) is 11.3 Å². The van der Waals surface area contributed by atoms with E-state index in [0.29, 0.717) is 11.3 Å². The van der Waals surface area contributed by atoms with Crippen molar-refractivity contribution in [2.24, 2.45) is 0 Å². The first kappa shape index (κ1) is 10.3. The third kappa shape index (κ3) is 1.48. The summed E-state index contributed by atoms with van der Waals surface area (Å²) in [6.07, 6.45) is 0. The molecule has 0 aliphatic carbocycles. The van der Waals surface area contributed by atoms with Gasteiger partial charge >= 0.3 is 5.97 Å². The molecule has 0 aliphatic heterocycles. The minimum absolute atomic E-state index is 0.0806. The van der Waals surface area contributed by atoms with Crippen LogP contribution in [0.15, 0.2) is 0 Å². The molecule has 0 aromatic carbocycles. The molecule has 0 fully saturated rings. The molecule has 1 heterocycles. The summed E-state index contributed by atoms with van der Waals surface area (Å²) < 4.78 is 4.52. The largest absolute Gasteiger partial charge is 0.543 e. The molecular weight excluding hydrogens is 186 g/mol. The van der Waals surface area contributed by atoms with Crippen molar-refractivity contribution >= 4 is 11.9 Å². The summed E-state index contributed by atoms with van der Waals surface area (Å²) in [6.45, 7) is 3.13. The number of ether oxygens (including phenoxy) is 1. The molecule has 0 bridgehead atoms. The standard InChI is InChI=1S/C9H11NO4/c1-4-6(9(13)14-3)5(2)10-7(4)8(11)12/h10H,1-3H3,(H,11,12)/p-1. The minimum Gasteiger partial charge on any atom is -0.543 e. The maximum absolute atomic E-state index is 11.2. The molecule has 14 heavy (non-hydrogen) atoms. The number of H-pyrrole nitrogens is 1. The van der Waals surface area contributed by atoms with Gasteiger partial charge in [0.15, 0.2) is 0 Å². The summed E-state index contributed by atoms with van der Waals surface area (Å²) in [5.41, 5.74) is 0.984. The van der Waals surface area contributed by atoms with Crippen molar-refractivity contribution in [3.8, 4) is 0 Å². The molecule has 1 aromatic rings. The average Bonchev–Trinajstić information content (AvgIpc) is 2.41. The monoisotopic (exact) mass is 196 g/mol. The molecule has 0 atom stereocenters. The van der Waals surface area contributed by atoms with Crippen molar-refractivity contribution in [3.63, 3.8) is 0 Å². The number of carboxylic acids is 1. The maximum Gasteiger partial charge on any atom is 0.339 e. The Morgan fingerprint density at radius 3 is 2.29 bits per heavy atom.